The molecule has 0 fully saturated rings. The van der Waals surface area contributed by atoms with Crippen LogP contribution in [0.5, 0.6) is 0 Å². The topological polar surface area (TPSA) is 29.5 Å². The summed E-state index contributed by atoms with van der Waals surface area (Å²) in [4.78, 5) is 0. The van der Waals surface area contributed by atoms with Crippen molar-refractivity contribution in [3.05, 3.63) is 0 Å². The van der Waals surface area contributed by atoms with Crippen molar-refractivity contribution in [2.75, 3.05) is 20.3 Å². The van der Waals surface area contributed by atoms with Crippen LogP contribution in [0.3, 0.4) is 0 Å². The van der Waals surface area contributed by atoms with E-state index in [0.717, 1.165) is 19.4 Å². The Kier molecular flexibility index (Phi) is 6.57. The second kappa shape index (κ2) is 6.62. The zero-order valence-corrected chi connectivity index (χ0v) is 7.84. The molecule has 0 amide bonds. The summed E-state index contributed by atoms with van der Waals surface area (Å²) < 4.78 is 4.94. The van der Waals surface area contributed by atoms with E-state index >= 15 is 0 Å². The fourth-order valence-electron chi connectivity index (χ4n) is 1.23. The lowest BCUT2D eigenvalue weighted by atomic mass is 9.95. The molecule has 0 aromatic heterocycles. The number of hydrogen-bond acceptors (Lipinski definition) is 2. The highest BCUT2D eigenvalue weighted by atomic mass is 16.5. The number of methoxy groups -OCH3 is 1. The third kappa shape index (κ3) is 6.32. The molecule has 0 aromatic carbocycles. The van der Waals surface area contributed by atoms with Gasteiger partial charge in [-0.3, -0.25) is 0 Å². The summed E-state index contributed by atoms with van der Waals surface area (Å²) in [5.41, 5.74) is 0. The first-order chi connectivity index (χ1) is 5.20. The maximum atomic E-state index is 8.95. The molecule has 0 saturated carbocycles. The minimum atomic E-state index is 0.293. The molecule has 0 radical (unpaired) electrons. The van der Waals surface area contributed by atoms with Crippen molar-refractivity contribution in [2.45, 2.75) is 26.7 Å². The fourth-order valence-corrected chi connectivity index (χ4v) is 1.23. The molecule has 1 atom stereocenters. The lowest BCUT2D eigenvalue weighted by molar-refractivity contribution is 0.137. The summed E-state index contributed by atoms with van der Waals surface area (Å²) in [6.07, 6.45) is 2.07. The van der Waals surface area contributed by atoms with Crippen LogP contribution in [-0.2, 0) is 4.74 Å². The fraction of sp³-hybridized carbons (Fsp3) is 1.00. The molecular weight excluding hydrogens is 140 g/mol. The Morgan fingerprint density at radius 3 is 2.36 bits per heavy atom. The van der Waals surface area contributed by atoms with Crippen molar-refractivity contribution in [3.63, 3.8) is 0 Å². The molecule has 0 rings (SSSR count). The Morgan fingerprint density at radius 1 is 1.36 bits per heavy atom. The number of aliphatic hydroxyl groups is 1. The number of rotatable bonds is 6. The summed E-state index contributed by atoms with van der Waals surface area (Å²) in [5, 5.41) is 8.95. The third-order valence-corrected chi connectivity index (χ3v) is 1.79. The van der Waals surface area contributed by atoms with Gasteiger partial charge in [0.05, 0.1) is 0 Å². The monoisotopic (exact) mass is 160 g/mol. The van der Waals surface area contributed by atoms with Crippen LogP contribution in [0.1, 0.15) is 26.7 Å². The molecule has 1 N–H and O–H groups in total. The third-order valence-electron chi connectivity index (χ3n) is 1.79. The van der Waals surface area contributed by atoms with Gasteiger partial charge < -0.3 is 9.84 Å². The zero-order chi connectivity index (χ0) is 8.69. The SMILES string of the molecule is COCCC(CO)CC(C)C. The highest BCUT2D eigenvalue weighted by Gasteiger charge is 2.08. The first kappa shape index (κ1) is 10.9. The lowest BCUT2D eigenvalue weighted by Crippen LogP contribution is -2.11. The van der Waals surface area contributed by atoms with E-state index < -0.39 is 0 Å². The van der Waals surface area contributed by atoms with Crippen molar-refractivity contribution in [1.82, 2.24) is 0 Å². The molecule has 68 valence electrons. The summed E-state index contributed by atoms with van der Waals surface area (Å²) >= 11 is 0. The largest absolute Gasteiger partial charge is 0.396 e. The van der Waals surface area contributed by atoms with Gasteiger partial charge in [-0.25, -0.2) is 0 Å². The van der Waals surface area contributed by atoms with Crippen LogP contribution in [-0.4, -0.2) is 25.4 Å². The van der Waals surface area contributed by atoms with Crippen LogP contribution in [0.15, 0.2) is 0 Å². The Bertz CT molecular complexity index is 81.6. The van der Waals surface area contributed by atoms with E-state index in [0.29, 0.717) is 18.4 Å². The van der Waals surface area contributed by atoms with Crippen LogP contribution in [0.2, 0.25) is 0 Å². The smallest absolute Gasteiger partial charge is 0.0465 e. The standard InChI is InChI=1S/C9H20O2/c1-8(2)6-9(7-10)4-5-11-3/h8-10H,4-7H2,1-3H3. The number of aliphatic hydroxyl groups excluding tert-OH is 1. The van der Waals surface area contributed by atoms with Crippen molar-refractivity contribution in [3.8, 4) is 0 Å². The maximum absolute atomic E-state index is 8.95. The van der Waals surface area contributed by atoms with Gasteiger partial charge in [0, 0.05) is 20.3 Å². The number of ether oxygens (including phenoxy) is 1. The van der Waals surface area contributed by atoms with E-state index in [2.05, 4.69) is 13.8 Å². The molecule has 1 unspecified atom stereocenters. The Hall–Kier alpha value is -0.0800. The van der Waals surface area contributed by atoms with Gasteiger partial charge in [0.1, 0.15) is 0 Å². The van der Waals surface area contributed by atoms with Gasteiger partial charge >= 0.3 is 0 Å². The van der Waals surface area contributed by atoms with Gasteiger partial charge in [-0.15, -0.1) is 0 Å². The highest BCUT2D eigenvalue weighted by Crippen LogP contribution is 2.14. The minimum absolute atomic E-state index is 0.293. The van der Waals surface area contributed by atoms with Crippen molar-refractivity contribution < 1.29 is 9.84 Å². The van der Waals surface area contributed by atoms with Gasteiger partial charge in [0.15, 0.2) is 0 Å². The minimum Gasteiger partial charge on any atom is -0.396 e. The molecule has 0 heterocycles. The average molecular weight is 160 g/mol. The van der Waals surface area contributed by atoms with Crippen molar-refractivity contribution >= 4 is 0 Å². The second-order valence-electron chi connectivity index (χ2n) is 3.46. The van der Waals surface area contributed by atoms with E-state index in [4.69, 9.17) is 9.84 Å². The van der Waals surface area contributed by atoms with Crippen LogP contribution >= 0.6 is 0 Å². The molecule has 0 bridgehead atoms. The molecule has 0 aliphatic rings. The maximum Gasteiger partial charge on any atom is 0.0465 e. The van der Waals surface area contributed by atoms with Crippen LogP contribution in [0.4, 0.5) is 0 Å². The van der Waals surface area contributed by atoms with Gasteiger partial charge in [-0.1, -0.05) is 13.8 Å². The summed E-state index contributed by atoms with van der Waals surface area (Å²) in [6, 6.07) is 0. The quantitative estimate of drug-likeness (QED) is 0.640. The highest BCUT2D eigenvalue weighted by molar-refractivity contribution is 4.59. The molecule has 0 saturated heterocycles. The molecule has 2 heteroatoms. The molecule has 11 heavy (non-hydrogen) atoms. The van der Waals surface area contributed by atoms with Crippen LogP contribution in [0, 0.1) is 11.8 Å². The molecule has 0 spiro atoms. The van der Waals surface area contributed by atoms with E-state index in [1.165, 1.54) is 0 Å². The van der Waals surface area contributed by atoms with Gasteiger partial charge in [-0.05, 0) is 24.7 Å². The first-order valence-corrected chi connectivity index (χ1v) is 4.30. The zero-order valence-electron chi connectivity index (χ0n) is 7.84. The van der Waals surface area contributed by atoms with Crippen molar-refractivity contribution in [1.29, 1.82) is 0 Å². The van der Waals surface area contributed by atoms with E-state index in [1.54, 1.807) is 7.11 Å². The van der Waals surface area contributed by atoms with Gasteiger partial charge in [0.2, 0.25) is 0 Å². The lowest BCUT2D eigenvalue weighted by Gasteiger charge is -2.15. The normalized spacial score (nSPS) is 13.9. The van der Waals surface area contributed by atoms with E-state index in [1.807, 2.05) is 0 Å². The van der Waals surface area contributed by atoms with Gasteiger partial charge in [0.25, 0.3) is 0 Å². The second-order valence-corrected chi connectivity index (χ2v) is 3.46. The molecule has 2 nitrogen and oxygen atoms in total. The summed E-state index contributed by atoms with van der Waals surface area (Å²) in [7, 11) is 1.70. The Morgan fingerprint density at radius 2 is 2.00 bits per heavy atom. The molecule has 0 aromatic rings. The van der Waals surface area contributed by atoms with Crippen LogP contribution in [0.25, 0.3) is 0 Å². The predicted octanol–water partition coefficient (Wildman–Crippen LogP) is 1.68. The van der Waals surface area contributed by atoms with Crippen molar-refractivity contribution in [2.24, 2.45) is 11.8 Å². The summed E-state index contributed by atoms with van der Waals surface area (Å²) in [5.74, 6) is 1.10. The average Bonchev–Trinajstić information content (AvgIpc) is 1.97. The van der Waals surface area contributed by atoms with Crippen LogP contribution < -0.4 is 0 Å². The molecule has 0 aliphatic heterocycles. The Balaban J connectivity index is 3.41. The predicted molar refractivity (Wildman–Crippen MR) is 46.5 cm³/mol. The molecular formula is C9H20O2. The first-order valence-electron chi connectivity index (χ1n) is 4.30. The number of hydrogen-bond donors (Lipinski definition) is 1. The van der Waals surface area contributed by atoms with Gasteiger partial charge in [-0.2, -0.15) is 0 Å². The Labute approximate surface area is 69.6 Å². The molecule has 0 aliphatic carbocycles. The van der Waals surface area contributed by atoms with E-state index in [-0.39, 0.29) is 0 Å². The summed E-state index contributed by atoms with van der Waals surface area (Å²) in [6.45, 7) is 5.41. The van der Waals surface area contributed by atoms with E-state index in [9.17, 15) is 0 Å².